The molecule has 1 N–H and O–H groups in total. The number of ether oxygens (including phenoxy) is 2. The predicted octanol–water partition coefficient (Wildman–Crippen LogP) is 5.19. The molecule has 1 amide bonds. The lowest BCUT2D eigenvalue weighted by molar-refractivity contribution is 0.0499. The zero-order valence-corrected chi connectivity index (χ0v) is 15.9. The van der Waals surface area contributed by atoms with Crippen LogP contribution in [0.4, 0.5) is 13.6 Å². The first-order valence-electron chi connectivity index (χ1n) is 8.38. The first-order chi connectivity index (χ1) is 11.7. The van der Waals surface area contributed by atoms with Gasteiger partial charge in [-0.1, -0.05) is 13.8 Å². The zero-order chi connectivity index (χ0) is 19.5. The quantitative estimate of drug-likeness (QED) is 0.752. The van der Waals surface area contributed by atoms with Crippen LogP contribution in [0.5, 0.6) is 0 Å². The monoisotopic (exact) mass is 357 g/mol. The van der Waals surface area contributed by atoms with Crippen LogP contribution in [0.15, 0.2) is 36.1 Å². The number of allylic oxidation sites excluding steroid dienone is 1. The molecule has 142 valence electrons. The highest BCUT2D eigenvalue weighted by atomic mass is 19.1. The second kappa shape index (κ2) is 11.4. The van der Waals surface area contributed by atoms with Crippen molar-refractivity contribution in [3.8, 4) is 0 Å². The van der Waals surface area contributed by atoms with Gasteiger partial charge in [-0.15, -0.1) is 0 Å². The van der Waals surface area contributed by atoms with Gasteiger partial charge in [0, 0.05) is 6.42 Å². The van der Waals surface area contributed by atoms with E-state index in [-0.39, 0.29) is 12.1 Å². The Hall–Kier alpha value is -2.11. The predicted molar refractivity (Wildman–Crippen MR) is 95.2 cm³/mol. The maximum Gasteiger partial charge on any atom is 0.408 e. The van der Waals surface area contributed by atoms with Crippen LogP contribution < -0.4 is 5.32 Å². The van der Waals surface area contributed by atoms with Gasteiger partial charge in [-0.25, -0.2) is 13.6 Å². The van der Waals surface area contributed by atoms with E-state index in [0.29, 0.717) is 6.61 Å². The molecule has 1 heterocycles. The molecule has 1 aromatic carbocycles. The first kappa shape index (κ1) is 22.9. The maximum atomic E-state index is 11.9. The summed E-state index contributed by atoms with van der Waals surface area (Å²) in [6, 6.07) is 4.35. The van der Waals surface area contributed by atoms with Crippen molar-refractivity contribution < 1.29 is 23.0 Å². The molecule has 1 fully saturated rings. The van der Waals surface area contributed by atoms with E-state index < -0.39 is 17.2 Å². The summed E-state index contributed by atoms with van der Waals surface area (Å²) in [5, 5.41) is 2.77. The molecule has 0 spiro atoms. The number of hydrogen-bond donors (Lipinski definition) is 1. The summed E-state index contributed by atoms with van der Waals surface area (Å²) < 4.78 is 34.3. The summed E-state index contributed by atoms with van der Waals surface area (Å²) in [5.74, 6) is 0.105. The third-order valence-electron chi connectivity index (χ3n) is 2.76. The highest BCUT2D eigenvalue weighted by Gasteiger charge is 2.24. The Balaban J connectivity index is 0.000000483. The van der Waals surface area contributed by atoms with E-state index in [4.69, 9.17) is 9.47 Å². The molecule has 0 radical (unpaired) electrons. The molecular weight excluding hydrogens is 328 g/mol. The average molecular weight is 357 g/mol. The van der Waals surface area contributed by atoms with E-state index in [1.54, 1.807) is 0 Å². The van der Waals surface area contributed by atoms with Crippen LogP contribution in [0, 0.1) is 11.6 Å². The standard InChI is InChI=1S/C11H19NO3.C6H4F2.C2H6/c1-5-9-6-8(7-14-9)12-10(13)15-11(2,3)4;7-5-1-2-6(8)4-3-5;1-2/h5,8H,6-7H2,1-4H3,(H,12,13);1-4H;1-2H3/b9-5+;;. The van der Waals surface area contributed by atoms with Gasteiger partial charge in [-0.3, -0.25) is 0 Å². The van der Waals surface area contributed by atoms with Gasteiger partial charge in [-0.2, -0.15) is 0 Å². The van der Waals surface area contributed by atoms with Crippen molar-refractivity contribution >= 4 is 6.09 Å². The fraction of sp³-hybridized carbons (Fsp3) is 0.526. The SMILES string of the molecule is C/C=C1\CC(NC(=O)OC(C)(C)C)CO1.CC.Fc1ccc(F)cc1. The smallest absolute Gasteiger partial charge is 0.408 e. The minimum Gasteiger partial charge on any atom is -0.496 e. The number of carbonyl (C=O) groups excluding carboxylic acids is 1. The van der Waals surface area contributed by atoms with E-state index >= 15 is 0 Å². The molecule has 0 aromatic heterocycles. The largest absolute Gasteiger partial charge is 0.496 e. The molecule has 25 heavy (non-hydrogen) atoms. The lowest BCUT2D eigenvalue weighted by Crippen LogP contribution is -2.39. The molecule has 1 saturated heterocycles. The average Bonchev–Trinajstić information content (AvgIpc) is 2.98. The Bertz CT molecular complexity index is 516. The Labute approximate surface area is 149 Å². The zero-order valence-electron chi connectivity index (χ0n) is 15.9. The number of carbonyl (C=O) groups is 1. The van der Waals surface area contributed by atoms with Crippen LogP contribution in [0.3, 0.4) is 0 Å². The third kappa shape index (κ3) is 11.1. The van der Waals surface area contributed by atoms with Gasteiger partial charge < -0.3 is 14.8 Å². The number of hydrogen-bond acceptors (Lipinski definition) is 3. The Morgan fingerprint density at radius 3 is 2.04 bits per heavy atom. The van der Waals surface area contributed by atoms with Crippen LogP contribution >= 0.6 is 0 Å². The lowest BCUT2D eigenvalue weighted by Gasteiger charge is -2.20. The molecule has 1 atom stereocenters. The molecule has 0 saturated carbocycles. The van der Waals surface area contributed by atoms with Gasteiger partial charge in [0.15, 0.2) is 0 Å². The Morgan fingerprint density at radius 2 is 1.68 bits per heavy atom. The fourth-order valence-electron chi connectivity index (χ4n) is 1.77. The van der Waals surface area contributed by atoms with E-state index in [2.05, 4.69) is 5.32 Å². The van der Waals surface area contributed by atoms with Crippen LogP contribution in [0.25, 0.3) is 0 Å². The number of alkyl carbamates (subject to hydrolysis) is 1. The fourth-order valence-corrected chi connectivity index (χ4v) is 1.77. The molecule has 1 aliphatic heterocycles. The van der Waals surface area contributed by atoms with Gasteiger partial charge >= 0.3 is 6.09 Å². The summed E-state index contributed by atoms with van der Waals surface area (Å²) in [6.07, 6.45) is 2.28. The number of rotatable bonds is 1. The highest BCUT2D eigenvalue weighted by molar-refractivity contribution is 5.68. The lowest BCUT2D eigenvalue weighted by atomic mass is 10.2. The summed E-state index contributed by atoms with van der Waals surface area (Å²) in [6.45, 7) is 12.0. The minimum absolute atomic E-state index is 0.0334. The van der Waals surface area contributed by atoms with Crippen LogP contribution in [-0.4, -0.2) is 24.3 Å². The molecule has 1 aromatic rings. The maximum absolute atomic E-state index is 11.9. The van der Waals surface area contributed by atoms with Crippen molar-refractivity contribution in [3.63, 3.8) is 0 Å². The second-order valence-electron chi connectivity index (χ2n) is 6.05. The summed E-state index contributed by atoms with van der Waals surface area (Å²) >= 11 is 0. The van der Waals surface area contributed by atoms with Crippen molar-refractivity contribution in [1.29, 1.82) is 0 Å². The number of nitrogens with one attached hydrogen (secondary N) is 1. The summed E-state index contributed by atoms with van der Waals surface area (Å²) in [7, 11) is 0. The van der Waals surface area contributed by atoms with Gasteiger partial charge in [0.2, 0.25) is 0 Å². The van der Waals surface area contributed by atoms with Crippen molar-refractivity contribution in [2.45, 2.75) is 59.6 Å². The molecule has 2 rings (SSSR count). The van der Waals surface area contributed by atoms with E-state index in [9.17, 15) is 13.6 Å². The molecular formula is C19H29F2NO3. The van der Waals surface area contributed by atoms with Crippen molar-refractivity contribution in [2.75, 3.05) is 6.61 Å². The number of amides is 1. The second-order valence-corrected chi connectivity index (χ2v) is 6.05. The molecule has 1 unspecified atom stereocenters. The minimum atomic E-state index is -0.451. The molecule has 1 aliphatic rings. The number of halogens is 2. The summed E-state index contributed by atoms with van der Waals surface area (Å²) in [5.41, 5.74) is -0.451. The highest BCUT2D eigenvalue weighted by Crippen LogP contribution is 2.17. The molecule has 0 aliphatic carbocycles. The number of benzene rings is 1. The van der Waals surface area contributed by atoms with Crippen LogP contribution in [0.1, 0.15) is 48.0 Å². The molecule has 0 bridgehead atoms. The Morgan fingerprint density at radius 1 is 1.20 bits per heavy atom. The Kier molecular flexibility index (Phi) is 10.5. The van der Waals surface area contributed by atoms with Gasteiger partial charge in [0.1, 0.15) is 23.8 Å². The molecule has 4 nitrogen and oxygen atoms in total. The van der Waals surface area contributed by atoms with E-state index in [0.717, 1.165) is 36.4 Å². The van der Waals surface area contributed by atoms with E-state index in [1.807, 2.05) is 47.6 Å². The third-order valence-corrected chi connectivity index (χ3v) is 2.76. The normalized spacial score (nSPS) is 17.4. The van der Waals surface area contributed by atoms with Crippen LogP contribution in [-0.2, 0) is 9.47 Å². The van der Waals surface area contributed by atoms with Gasteiger partial charge in [0.05, 0.1) is 11.8 Å². The van der Waals surface area contributed by atoms with Gasteiger partial charge in [0.25, 0.3) is 0 Å². The van der Waals surface area contributed by atoms with Gasteiger partial charge in [-0.05, 0) is 58.0 Å². The molecule has 6 heteroatoms. The van der Waals surface area contributed by atoms with E-state index in [1.165, 1.54) is 0 Å². The van der Waals surface area contributed by atoms with Crippen molar-refractivity contribution in [2.24, 2.45) is 0 Å². The topological polar surface area (TPSA) is 47.6 Å². The van der Waals surface area contributed by atoms with Crippen LogP contribution in [0.2, 0.25) is 0 Å². The van der Waals surface area contributed by atoms with Crippen molar-refractivity contribution in [3.05, 3.63) is 47.7 Å². The first-order valence-corrected chi connectivity index (χ1v) is 8.38. The summed E-state index contributed by atoms with van der Waals surface area (Å²) in [4.78, 5) is 11.4. The van der Waals surface area contributed by atoms with Crippen molar-refractivity contribution in [1.82, 2.24) is 5.32 Å².